The van der Waals surface area contributed by atoms with Crippen molar-refractivity contribution in [1.82, 2.24) is 9.88 Å². The zero-order valence-electron chi connectivity index (χ0n) is 12.9. The van der Waals surface area contributed by atoms with Gasteiger partial charge in [-0.3, -0.25) is 4.90 Å². The van der Waals surface area contributed by atoms with Gasteiger partial charge in [0.15, 0.2) is 0 Å². The Bertz CT molecular complexity index is 407. The van der Waals surface area contributed by atoms with Gasteiger partial charge in [-0.2, -0.15) is 0 Å². The van der Waals surface area contributed by atoms with E-state index in [1.54, 1.807) is 0 Å². The summed E-state index contributed by atoms with van der Waals surface area (Å²) in [5.41, 5.74) is 7.02. The molecule has 1 aliphatic rings. The van der Waals surface area contributed by atoms with Crippen LogP contribution in [0, 0.1) is 6.92 Å². The standard InChI is InChI=1S/C16H28N4/c1-3-15(5-7-17)19-9-4-10-20(12-11-19)16-13-14(2)6-8-18-16/h6,8,13,15H,3-5,7,9-12,17H2,1-2H3. The molecule has 2 heterocycles. The molecule has 4 nitrogen and oxygen atoms in total. The highest BCUT2D eigenvalue weighted by Gasteiger charge is 2.20. The van der Waals surface area contributed by atoms with Crippen LogP contribution in [0.4, 0.5) is 5.82 Å². The fraction of sp³-hybridized carbons (Fsp3) is 0.688. The van der Waals surface area contributed by atoms with Crippen molar-refractivity contribution in [1.29, 1.82) is 0 Å². The number of nitrogens with two attached hydrogens (primary N) is 1. The van der Waals surface area contributed by atoms with Crippen LogP contribution in [0.1, 0.15) is 31.7 Å². The molecular weight excluding hydrogens is 248 g/mol. The van der Waals surface area contributed by atoms with E-state index in [-0.39, 0.29) is 0 Å². The summed E-state index contributed by atoms with van der Waals surface area (Å²) >= 11 is 0. The smallest absolute Gasteiger partial charge is 0.128 e. The largest absolute Gasteiger partial charge is 0.355 e. The van der Waals surface area contributed by atoms with Crippen LogP contribution in [0.2, 0.25) is 0 Å². The molecule has 20 heavy (non-hydrogen) atoms. The number of hydrogen-bond donors (Lipinski definition) is 1. The van der Waals surface area contributed by atoms with Crippen LogP contribution in [0.25, 0.3) is 0 Å². The van der Waals surface area contributed by atoms with Crippen LogP contribution in [0.5, 0.6) is 0 Å². The minimum atomic E-state index is 0.644. The molecule has 2 rings (SSSR count). The van der Waals surface area contributed by atoms with E-state index in [2.05, 4.69) is 40.8 Å². The summed E-state index contributed by atoms with van der Waals surface area (Å²) in [5.74, 6) is 1.12. The molecule has 4 heteroatoms. The van der Waals surface area contributed by atoms with Crippen LogP contribution >= 0.6 is 0 Å². The molecule has 0 aromatic carbocycles. The molecule has 1 fully saturated rings. The molecule has 1 atom stereocenters. The lowest BCUT2D eigenvalue weighted by Crippen LogP contribution is -2.39. The van der Waals surface area contributed by atoms with Crippen molar-refractivity contribution in [3.05, 3.63) is 23.9 Å². The van der Waals surface area contributed by atoms with Crippen LogP contribution in [-0.4, -0.2) is 48.6 Å². The highest BCUT2D eigenvalue weighted by Crippen LogP contribution is 2.17. The number of anilines is 1. The van der Waals surface area contributed by atoms with Crippen molar-refractivity contribution in [2.24, 2.45) is 5.73 Å². The first kappa shape index (κ1) is 15.3. The van der Waals surface area contributed by atoms with Crippen molar-refractivity contribution in [2.45, 2.75) is 39.2 Å². The summed E-state index contributed by atoms with van der Waals surface area (Å²) in [6, 6.07) is 4.89. The minimum Gasteiger partial charge on any atom is -0.355 e. The van der Waals surface area contributed by atoms with Crippen molar-refractivity contribution >= 4 is 5.82 Å². The molecule has 1 saturated heterocycles. The summed E-state index contributed by atoms with van der Waals surface area (Å²) in [5, 5.41) is 0. The van der Waals surface area contributed by atoms with E-state index in [0.717, 1.165) is 38.4 Å². The average molecular weight is 276 g/mol. The van der Waals surface area contributed by atoms with Gasteiger partial charge in [0.05, 0.1) is 0 Å². The number of hydrogen-bond acceptors (Lipinski definition) is 4. The predicted molar refractivity (Wildman–Crippen MR) is 85.1 cm³/mol. The lowest BCUT2D eigenvalue weighted by atomic mass is 10.1. The van der Waals surface area contributed by atoms with Crippen LogP contribution in [0.3, 0.4) is 0 Å². The van der Waals surface area contributed by atoms with E-state index in [9.17, 15) is 0 Å². The van der Waals surface area contributed by atoms with Gasteiger partial charge in [0, 0.05) is 38.4 Å². The molecule has 1 unspecified atom stereocenters. The summed E-state index contributed by atoms with van der Waals surface area (Å²) < 4.78 is 0. The van der Waals surface area contributed by atoms with Crippen LogP contribution in [0.15, 0.2) is 18.3 Å². The molecule has 0 amide bonds. The molecule has 0 saturated carbocycles. The summed E-state index contributed by atoms with van der Waals surface area (Å²) in [6.45, 7) is 9.66. The summed E-state index contributed by atoms with van der Waals surface area (Å²) in [4.78, 5) is 9.55. The number of aryl methyl sites for hydroxylation is 1. The van der Waals surface area contributed by atoms with Crippen LogP contribution < -0.4 is 10.6 Å². The third-order valence-corrected chi connectivity index (χ3v) is 4.24. The molecule has 1 aromatic heterocycles. The highest BCUT2D eigenvalue weighted by atomic mass is 15.3. The molecule has 112 valence electrons. The average Bonchev–Trinajstić information content (AvgIpc) is 2.70. The van der Waals surface area contributed by atoms with Gasteiger partial charge in [0.2, 0.25) is 0 Å². The molecule has 0 radical (unpaired) electrons. The number of nitrogens with zero attached hydrogens (tertiary/aromatic N) is 3. The monoisotopic (exact) mass is 276 g/mol. The maximum atomic E-state index is 5.74. The van der Waals surface area contributed by atoms with Crippen LogP contribution in [-0.2, 0) is 0 Å². The maximum Gasteiger partial charge on any atom is 0.128 e. The maximum absolute atomic E-state index is 5.74. The van der Waals surface area contributed by atoms with Gasteiger partial charge in [-0.1, -0.05) is 6.92 Å². The second-order valence-electron chi connectivity index (χ2n) is 5.71. The molecular formula is C16H28N4. The van der Waals surface area contributed by atoms with Gasteiger partial charge in [-0.25, -0.2) is 4.98 Å². The van der Waals surface area contributed by atoms with E-state index in [1.165, 1.54) is 24.9 Å². The number of rotatable bonds is 5. The minimum absolute atomic E-state index is 0.644. The first-order valence-electron chi connectivity index (χ1n) is 7.86. The van der Waals surface area contributed by atoms with Gasteiger partial charge >= 0.3 is 0 Å². The van der Waals surface area contributed by atoms with E-state index < -0.39 is 0 Å². The molecule has 2 N–H and O–H groups in total. The lowest BCUT2D eigenvalue weighted by molar-refractivity contribution is 0.196. The Kier molecular flexibility index (Phi) is 5.80. The molecule has 1 aromatic rings. The van der Waals surface area contributed by atoms with Gasteiger partial charge in [-0.05, 0) is 50.4 Å². The Labute approximate surface area is 123 Å². The van der Waals surface area contributed by atoms with Gasteiger partial charge < -0.3 is 10.6 Å². The lowest BCUT2D eigenvalue weighted by Gasteiger charge is -2.29. The van der Waals surface area contributed by atoms with Crippen molar-refractivity contribution in [2.75, 3.05) is 37.6 Å². The van der Waals surface area contributed by atoms with E-state index in [1.807, 2.05) is 6.20 Å². The SMILES string of the molecule is CCC(CCN)N1CCCN(c2cc(C)ccn2)CC1. The summed E-state index contributed by atoms with van der Waals surface area (Å²) in [6.07, 6.45) is 5.42. The zero-order valence-corrected chi connectivity index (χ0v) is 12.9. The predicted octanol–water partition coefficient (Wildman–Crippen LogP) is 2.03. The first-order valence-corrected chi connectivity index (χ1v) is 7.86. The van der Waals surface area contributed by atoms with Gasteiger partial charge in [-0.15, -0.1) is 0 Å². The highest BCUT2D eigenvalue weighted by molar-refractivity contribution is 5.40. The molecule has 1 aliphatic heterocycles. The Balaban J connectivity index is 1.98. The third-order valence-electron chi connectivity index (χ3n) is 4.24. The Morgan fingerprint density at radius 1 is 1.30 bits per heavy atom. The Hall–Kier alpha value is -1.13. The van der Waals surface area contributed by atoms with Crippen molar-refractivity contribution in [3.8, 4) is 0 Å². The van der Waals surface area contributed by atoms with E-state index in [0.29, 0.717) is 6.04 Å². The van der Waals surface area contributed by atoms with Gasteiger partial charge in [0.1, 0.15) is 5.82 Å². The number of aromatic nitrogens is 1. The molecule has 0 spiro atoms. The van der Waals surface area contributed by atoms with E-state index >= 15 is 0 Å². The number of pyridine rings is 1. The van der Waals surface area contributed by atoms with Crippen molar-refractivity contribution in [3.63, 3.8) is 0 Å². The normalized spacial score (nSPS) is 18.9. The Morgan fingerprint density at radius 2 is 2.15 bits per heavy atom. The molecule has 0 aliphatic carbocycles. The Morgan fingerprint density at radius 3 is 2.85 bits per heavy atom. The van der Waals surface area contributed by atoms with Crippen molar-refractivity contribution < 1.29 is 0 Å². The second-order valence-corrected chi connectivity index (χ2v) is 5.71. The topological polar surface area (TPSA) is 45.4 Å². The fourth-order valence-electron chi connectivity index (χ4n) is 3.06. The quantitative estimate of drug-likeness (QED) is 0.894. The third kappa shape index (κ3) is 3.93. The second kappa shape index (κ2) is 7.60. The summed E-state index contributed by atoms with van der Waals surface area (Å²) in [7, 11) is 0. The van der Waals surface area contributed by atoms with E-state index in [4.69, 9.17) is 5.73 Å². The fourth-order valence-corrected chi connectivity index (χ4v) is 3.06. The first-order chi connectivity index (χ1) is 9.74. The molecule has 0 bridgehead atoms. The zero-order chi connectivity index (χ0) is 14.4. The van der Waals surface area contributed by atoms with Gasteiger partial charge in [0.25, 0.3) is 0 Å².